The number of nitrogens with two attached hydrogens (primary N) is 1. The van der Waals surface area contributed by atoms with E-state index < -0.39 is 0 Å². The Morgan fingerprint density at radius 1 is 1.11 bits per heavy atom. The fraction of sp³-hybridized carbons (Fsp3) is 0.647. The summed E-state index contributed by atoms with van der Waals surface area (Å²) in [6, 6.07) is 4.63. The highest BCUT2D eigenvalue weighted by atomic mass is 15.2. The van der Waals surface area contributed by atoms with Crippen molar-refractivity contribution in [2.24, 2.45) is 17.6 Å². The standard InChI is InChI=1S/C17H28N2/c1-11-6-12(2)17(13(3)7-11)16(18)10-19-8-14(4)15(5)9-19/h6-7,14-16H,8-10,18H2,1-5H3. The molecule has 0 aliphatic carbocycles. The second-order valence-electron chi connectivity index (χ2n) is 6.59. The molecule has 2 nitrogen and oxygen atoms in total. The third-order valence-corrected chi connectivity index (χ3v) is 4.63. The third-order valence-electron chi connectivity index (χ3n) is 4.63. The van der Waals surface area contributed by atoms with Crippen LogP contribution in [0, 0.1) is 32.6 Å². The quantitative estimate of drug-likeness (QED) is 0.904. The number of hydrogen-bond donors (Lipinski definition) is 1. The summed E-state index contributed by atoms with van der Waals surface area (Å²) >= 11 is 0. The van der Waals surface area contributed by atoms with Crippen molar-refractivity contribution in [1.29, 1.82) is 0 Å². The molecule has 1 fully saturated rings. The lowest BCUT2D eigenvalue weighted by atomic mass is 9.94. The van der Waals surface area contributed by atoms with Crippen LogP contribution in [-0.4, -0.2) is 24.5 Å². The molecule has 19 heavy (non-hydrogen) atoms. The molecular formula is C17H28N2. The van der Waals surface area contributed by atoms with Crippen molar-refractivity contribution in [2.75, 3.05) is 19.6 Å². The highest BCUT2D eigenvalue weighted by molar-refractivity contribution is 5.39. The van der Waals surface area contributed by atoms with Crippen molar-refractivity contribution in [3.05, 3.63) is 34.4 Å². The van der Waals surface area contributed by atoms with E-state index in [0.29, 0.717) is 0 Å². The SMILES string of the molecule is Cc1cc(C)c(C(N)CN2CC(C)C(C)C2)c(C)c1. The molecule has 0 bridgehead atoms. The van der Waals surface area contributed by atoms with Crippen LogP contribution >= 0.6 is 0 Å². The Hall–Kier alpha value is -0.860. The minimum atomic E-state index is 0.137. The number of benzene rings is 1. The Labute approximate surface area is 118 Å². The summed E-state index contributed by atoms with van der Waals surface area (Å²) in [5, 5.41) is 0. The van der Waals surface area contributed by atoms with Crippen molar-refractivity contribution in [3.63, 3.8) is 0 Å². The fourth-order valence-electron chi connectivity index (χ4n) is 3.54. The minimum Gasteiger partial charge on any atom is -0.323 e. The van der Waals surface area contributed by atoms with Gasteiger partial charge in [-0.1, -0.05) is 31.5 Å². The Kier molecular flexibility index (Phi) is 4.32. The maximum Gasteiger partial charge on any atom is 0.0429 e. The van der Waals surface area contributed by atoms with Gasteiger partial charge in [-0.3, -0.25) is 0 Å². The molecule has 2 heteroatoms. The lowest BCUT2D eigenvalue weighted by Crippen LogP contribution is -2.31. The molecular weight excluding hydrogens is 232 g/mol. The molecule has 0 amide bonds. The molecule has 3 atom stereocenters. The molecule has 1 aromatic carbocycles. The Balaban J connectivity index is 2.10. The maximum absolute atomic E-state index is 6.48. The zero-order chi connectivity index (χ0) is 14.2. The number of rotatable bonds is 3. The van der Waals surface area contributed by atoms with E-state index in [9.17, 15) is 0 Å². The number of aryl methyl sites for hydroxylation is 3. The summed E-state index contributed by atoms with van der Waals surface area (Å²) in [6.45, 7) is 14.6. The molecule has 0 radical (unpaired) electrons. The normalized spacial score (nSPS) is 25.8. The summed E-state index contributed by atoms with van der Waals surface area (Å²) in [5.41, 5.74) is 11.8. The summed E-state index contributed by atoms with van der Waals surface area (Å²) in [7, 11) is 0. The predicted octanol–water partition coefficient (Wildman–Crippen LogP) is 3.20. The Bertz CT molecular complexity index is 420. The van der Waals surface area contributed by atoms with Gasteiger partial charge in [-0.15, -0.1) is 0 Å². The zero-order valence-electron chi connectivity index (χ0n) is 13.0. The van der Waals surface area contributed by atoms with Gasteiger partial charge in [0.2, 0.25) is 0 Å². The average molecular weight is 260 g/mol. The highest BCUT2D eigenvalue weighted by Gasteiger charge is 2.27. The van der Waals surface area contributed by atoms with Crippen molar-refractivity contribution >= 4 is 0 Å². The second-order valence-corrected chi connectivity index (χ2v) is 6.59. The smallest absolute Gasteiger partial charge is 0.0429 e. The van der Waals surface area contributed by atoms with Crippen LogP contribution in [0.2, 0.25) is 0 Å². The first-order chi connectivity index (χ1) is 8.88. The zero-order valence-corrected chi connectivity index (χ0v) is 13.0. The van der Waals surface area contributed by atoms with Crippen LogP contribution in [0.15, 0.2) is 12.1 Å². The molecule has 2 rings (SSSR count). The largest absolute Gasteiger partial charge is 0.323 e. The number of hydrogen-bond acceptors (Lipinski definition) is 2. The van der Waals surface area contributed by atoms with Crippen LogP contribution < -0.4 is 5.73 Å². The van der Waals surface area contributed by atoms with E-state index in [1.165, 1.54) is 35.3 Å². The molecule has 0 spiro atoms. The molecule has 0 aromatic heterocycles. The molecule has 106 valence electrons. The van der Waals surface area contributed by atoms with E-state index in [0.717, 1.165) is 18.4 Å². The lowest BCUT2D eigenvalue weighted by Gasteiger charge is -2.24. The van der Waals surface area contributed by atoms with Gasteiger partial charge in [-0.05, 0) is 49.3 Å². The van der Waals surface area contributed by atoms with Crippen LogP contribution in [0.25, 0.3) is 0 Å². The molecule has 1 aliphatic heterocycles. The molecule has 1 saturated heterocycles. The number of likely N-dealkylation sites (tertiary alicyclic amines) is 1. The van der Waals surface area contributed by atoms with Gasteiger partial charge in [0.15, 0.2) is 0 Å². The Morgan fingerprint density at radius 2 is 1.58 bits per heavy atom. The van der Waals surface area contributed by atoms with Gasteiger partial charge in [0.1, 0.15) is 0 Å². The first kappa shape index (κ1) is 14.5. The van der Waals surface area contributed by atoms with E-state index in [2.05, 4.69) is 51.7 Å². The maximum atomic E-state index is 6.48. The molecule has 1 aromatic rings. The monoisotopic (exact) mass is 260 g/mol. The third kappa shape index (κ3) is 3.18. The summed E-state index contributed by atoms with van der Waals surface area (Å²) < 4.78 is 0. The van der Waals surface area contributed by atoms with Crippen molar-refractivity contribution in [2.45, 2.75) is 40.7 Å². The van der Waals surface area contributed by atoms with Gasteiger partial charge in [-0.25, -0.2) is 0 Å². The Morgan fingerprint density at radius 3 is 2.05 bits per heavy atom. The summed E-state index contributed by atoms with van der Waals surface area (Å²) in [4.78, 5) is 2.53. The molecule has 0 saturated carbocycles. The molecule has 1 heterocycles. The van der Waals surface area contributed by atoms with Crippen LogP contribution in [0.4, 0.5) is 0 Å². The minimum absolute atomic E-state index is 0.137. The fourth-order valence-corrected chi connectivity index (χ4v) is 3.54. The van der Waals surface area contributed by atoms with E-state index in [-0.39, 0.29) is 6.04 Å². The number of nitrogens with zero attached hydrogens (tertiary/aromatic N) is 1. The lowest BCUT2D eigenvalue weighted by molar-refractivity contribution is 0.302. The average Bonchev–Trinajstić information content (AvgIpc) is 2.55. The summed E-state index contributed by atoms with van der Waals surface area (Å²) in [5.74, 6) is 1.60. The van der Waals surface area contributed by atoms with Gasteiger partial charge < -0.3 is 10.6 Å². The first-order valence-corrected chi connectivity index (χ1v) is 7.44. The second kappa shape index (κ2) is 5.64. The van der Waals surface area contributed by atoms with E-state index in [4.69, 9.17) is 5.73 Å². The summed E-state index contributed by atoms with van der Waals surface area (Å²) in [6.07, 6.45) is 0. The van der Waals surface area contributed by atoms with Gasteiger partial charge >= 0.3 is 0 Å². The predicted molar refractivity (Wildman–Crippen MR) is 82.3 cm³/mol. The van der Waals surface area contributed by atoms with E-state index >= 15 is 0 Å². The van der Waals surface area contributed by atoms with Crippen molar-refractivity contribution in [3.8, 4) is 0 Å². The highest BCUT2D eigenvalue weighted by Crippen LogP contribution is 2.27. The first-order valence-electron chi connectivity index (χ1n) is 7.44. The van der Waals surface area contributed by atoms with Crippen molar-refractivity contribution in [1.82, 2.24) is 4.90 Å². The van der Waals surface area contributed by atoms with Crippen LogP contribution in [-0.2, 0) is 0 Å². The molecule has 3 unspecified atom stereocenters. The van der Waals surface area contributed by atoms with E-state index in [1.807, 2.05) is 0 Å². The van der Waals surface area contributed by atoms with Gasteiger partial charge in [0.05, 0.1) is 0 Å². The van der Waals surface area contributed by atoms with Crippen molar-refractivity contribution < 1.29 is 0 Å². The van der Waals surface area contributed by atoms with Gasteiger partial charge in [0, 0.05) is 25.7 Å². The van der Waals surface area contributed by atoms with Crippen LogP contribution in [0.1, 0.15) is 42.1 Å². The molecule has 1 aliphatic rings. The van der Waals surface area contributed by atoms with Crippen LogP contribution in [0.5, 0.6) is 0 Å². The van der Waals surface area contributed by atoms with Gasteiger partial charge in [-0.2, -0.15) is 0 Å². The van der Waals surface area contributed by atoms with Gasteiger partial charge in [0.25, 0.3) is 0 Å². The van der Waals surface area contributed by atoms with Crippen LogP contribution in [0.3, 0.4) is 0 Å². The topological polar surface area (TPSA) is 29.3 Å². The molecule has 2 N–H and O–H groups in total. The van der Waals surface area contributed by atoms with E-state index in [1.54, 1.807) is 0 Å².